The molecule has 6 heteroatoms. The second-order valence-corrected chi connectivity index (χ2v) is 7.57. The molecule has 1 unspecified atom stereocenters. The minimum absolute atomic E-state index is 0.00737. The van der Waals surface area contributed by atoms with Gasteiger partial charge in [0, 0.05) is 10.6 Å². The van der Waals surface area contributed by atoms with Gasteiger partial charge in [-0.25, -0.2) is 8.42 Å². The molecule has 0 aliphatic carbocycles. The summed E-state index contributed by atoms with van der Waals surface area (Å²) in [5.41, 5.74) is 0.155. The summed E-state index contributed by atoms with van der Waals surface area (Å²) in [5, 5.41) is 0.570. The molecule has 1 aromatic carbocycles. The van der Waals surface area contributed by atoms with Crippen molar-refractivity contribution in [3.8, 4) is 0 Å². The highest BCUT2D eigenvalue weighted by molar-refractivity contribution is 7.92. The van der Waals surface area contributed by atoms with E-state index in [4.69, 9.17) is 23.2 Å². The van der Waals surface area contributed by atoms with Crippen LogP contribution in [0.3, 0.4) is 0 Å². The number of benzene rings is 1. The Morgan fingerprint density at radius 2 is 1.95 bits per heavy atom. The van der Waals surface area contributed by atoms with Crippen molar-refractivity contribution in [3.63, 3.8) is 0 Å². The summed E-state index contributed by atoms with van der Waals surface area (Å²) in [6.07, 6.45) is 0.755. The molecule has 0 spiro atoms. The summed E-state index contributed by atoms with van der Waals surface area (Å²) in [7, 11) is -3.42. The fourth-order valence-corrected chi connectivity index (χ4v) is 3.77. The lowest BCUT2D eigenvalue weighted by Crippen LogP contribution is -2.22. The van der Waals surface area contributed by atoms with Crippen molar-refractivity contribution in [1.82, 2.24) is 0 Å². The SMILES string of the molecule is CCC(C)CS(=O)(=O)CC(=O)c1cc(Cl)ccc1Cl. The molecule has 0 bridgehead atoms. The maximum Gasteiger partial charge on any atom is 0.179 e. The first-order valence-electron chi connectivity index (χ1n) is 5.94. The zero-order valence-corrected chi connectivity index (χ0v) is 13.1. The maximum atomic E-state index is 12.0. The number of rotatable bonds is 6. The molecule has 0 heterocycles. The van der Waals surface area contributed by atoms with Gasteiger partial charge < -0.3 is 0 Å². The molecule has 0 radical (unpaired) electrons. The van der Waals surface area contributed by atoms with Crippen molar-refractivity contribution in [2.24, 2.45) is 5.92 Å². The van der Waals surface area contributed by atoms with Crippen LogP contribution >= 0.6 is 23.2 Å². The fraction of sp³-hybridized carbons (Fsp3) is 0.462. The highest BCUT2D eigenvalue weighted by Gasteiger charge is 2.21. The molecule has 106 valence electrons. The van der Waals surface area contributed by atoms with E-state index < -0.39 is 21.4 Å². The van der Waals surface area contributed by atoms with E-state index in [9.17, 15) is 13.2 Å². The number of sulfone groups is 1. The summed E-state index contributed by atoms with van der Waals surface area (Å²) in [4.78, 5) is 12.0. The minimum Gasteiger partial charge on any atom is -0.293 e. The molecule has 0 fully saturated rings. The lowest BCUT2D eigenvalue weighted by molar-refractivity contribution is 0.102. The quantitative estimate of drug-likeness (QED) is 0.751. The van der Waals surface area contributed by atoms with E-state index in [-0.39, 0.29) is 22.3 Å². The Bertz CT molecular complexity index is 567. The van der Waals surface area contributed by atoms with Crippen molar-refractivity contribution >= 4 is 38.8 Å². The summed E-state index contributed by atoms with van der Waals surface area (Å²) in [5.74, 6) is -1.01. The molecule has 0 amide bonds. The molecular formula is C13H16Cl2O3S. The van der Waals surface area contributed by atoms with Gasteiger partial charge in [0.1, 0.15) is 5.75 Å². The number of carbonyl (C=O) groups is 1. The molecule has 0 aliphatic heterocycles. The molecule has 3 nitrogen and oxygen atoms in total. The Labute approximate surface area is 123 Å². The monoisotopic (exact) mass is 322 g/mol. The molecule has 0 saturated heterocycles. The average Bonchev–Trinajstić information content (AvgIpc) is 2.30. The van der Waals surface area contributed by atoms with Crippen LogP contribution in [0.4, 0.5) is 0 Å². The average molecular weight is 323 g/mol. The van der Waals surface area contributed by atoms with E-state index in [1.807, 2.05) is 13.8 Å². The fourth-order valence-electron chi connectivity index (χ4n) is 1.60. The molecular weight excluding hydrogens is 307 g/mol. The van der Waals surface area contributed by atoms with E-state index in [2.05, 4.69) is 0 Å². The molecule has 1 aromatic rings. The van der Waals surface area contributed by atoms with Crippen molar-refractivity contribution in [1.29, 1.82) is 0 Å². The van der Waals surface area contributed by atoms with Gasteiger partial charge in [-0.05, 0) is 24.1 Å². The highest BCUT2D eigenvalue weighted by Crippen LogP contribution is 2.21. The van der Waals surface area contributed by atoms with Gasteiger partial charge in [-0.1, -0.05) is 43.5 Å². The van der Waals surface area contributed by atoms with E-state index in [1.54, 1.807) is 6.07 Å². The van der Waals surface area contributed by atoms with E-state index in [1.165, 1.54) is 12.1 Å². The largest absolute Gasteiger partial charge is 0.293 e. The number of ketones is 1. The number of hydrogen-bond acceptors (Lipinski definition) is 3. The highest BCUT2D eigenvalue weighted by atomic mass is 35.5. The van der Waals surface area contributed by atoms with Crippen molar-refractivity contribution in [3.05, 3.63) is 33.8 Å². The maximum absolute atomic E-state index is 12.0. The van der Waals surface area contributed by atoms with Crippen molar-refractivity contribution in [2.45, 2.75) is 20.3 Å². The second-order valence-electron chi connectivity index (χ2n) is 4.62. The van der Waals surface area contributed by atoms with Crippen LogP contribution < -0.4 is 0 Å². The zero-order valence-electron chi connectivity index (χ0n) is 10.8. The summed E-state index contributed by atoms with van der Waals surface area (Å²) in [6.45, 7) is 3.75. The number of Topliss-reactive ketones (excluding diaryl/α,β-unsaturated/α-hetero) is 1. The first kappa shape index (κ1) is 16.5. The van der Waals surface area contributed by atoms with Gasteiger partial charge in [-0.15, -0.1) is 0 Å². The Hall–Kier alpha value is -0.580. The standard InChI is InChI=1S/C13H16Cl2O3S/c1-3-9(2)7-19(17,18)8-13(16)11-6-10(14)4-5-12(11)15/h4-6,9H,3,7-8H2,1-2H3. The zero-order chi connectivity index (χ0) is 14.6. The van der Waals surface area contributed by atoms with Crippen LogP contribution in [-0.2, 0) is 9.84 Å². The normalized spacial score (nSPS) is 13.3. The van der Waals surface area contributed by atoms with Crippen LogP contribution in [0, 0.1) is 5.92 Å². The summed E-state index contributed by atoms with van der Waals surface area (Å²) >= 11 is 11.7. The predicted molar refractivity (Wildman–Crippen MR) is 78.9 cm³/mol. The Balaban J connectivity index is 2.88. The van der Waals surface area contributed by atoms with Crippen LogP contribution in [-0.4, -0.2) is 25.7 Å². The van der Waals surface area contributed by atoms with E-state index >= 15 is 0 Å². The van der Waals surface area contributed by atoms with Crippen LogP contribution in [0.15, 0.2) is 18.2 Å². The van der Waals surface area contributed by atoms with Gasteiger partial charge in [0.05, 0.1) is 10.8 Å². The van der Waals surface area contributed by atoms with Crippen LogP contribution in [0.5, 0.6) is 0 Å². The lowest BCUT2D eigenvalue weighted by Gasteiger charge is -2.09. The van der Waals surface area contributed by atoms with Gasteiger partial charge in [-0.3, -0.25) is 4.79 Å². The third-order valence-corrected chi connectivity index (χ3v) is 5.16. The first-order chi connectivity index (χ1) is 8.75. The van der Waals surface area contributed by atoms with Gasteiger partial charge in [0.2, 0.25) is 0 Å². The van der Waals surface area contributed by atoms with Gasteiger partial charge >= 0.3 is 0 Å². The van der Waals surface area contributed by atoms with Crippen molar-refractivity contribution in [2.75, 3.05) is 11.5 Å². The molecule has 0 aromatic heterocycles. The minimum atomic E-state index is -3.42. The molecule has 1 rings (SSSR count). The first-order valence-corrected chi connectivity index (χ1v) is 8.51. The van der Waals surface area contributed by atoms with Gasteiger partial charge in [0.15, 0.2) is 15.6 Å². The van der Waals surface area contributed by atoms with E-state index in [0.717, 1.165) is 6.42 Å². The number of carbonyl (C=O) groups excluding carboxylic acids is 1. The molecule has 0 saturated carbocycles. The van der Waals surface area contributed by atoms with Crippen LogP contribution in [0.2, 0.25) is 10.0 Å². The molecule has 0 N–H and O–H groups in total. The van der Waals surface area contributed by atoms with Gasteiger partial charge in [0.25, 0.3) is 0 Å². The number of halogens is 2. The summed E-state index contributed by atoms with van der Waals surface area (Å²) in [6, 6.07) is 4.43. The Kier molecular flexibility index (Phi) is 5.83. The topological polar surface area (TPSA) is 51.2 Å². The summed E-state index contributed by atoms with van der Waals surface area (Å²) < 4.78 is 23.8. The second kappa shape index (κ2) is 6.73. The van der Waals surface area contributed by atoms with E-state index in [0.29, 0.717) is 5.02 Å². The van der Waals surface area contributed by atoms with Crippen LogP contribution in [0.1, 0.15) is 30.6 Å². The third-order valence-electron chi connectivity index (χ3n) is 2.82. The molecule has 19 heavy (non-hydrogen) atoms. The van der Waals surface area contributed by atoms with Crippen molar-refractivity contribution < 1.29 is 13.2 Å². The molecule has 1 atom stereocenters. The molecule has 0 aliphatic rings. The predicted octanol–water partition coefficient (Wildman–Crippen LogP) is 3.64. The Morgan fingerprint density at radius 3 is 2.53 bits per heavy atom. The third kappa shape index (κ3) is 5.13. The lowest BCUT2D eigenvalue weighted by atomic mass is 10.1. The Morgan fingerprint density at radius 1 is 1.32 bits per heavy atom. The number of hydrogen-bond donors (Lipinski definition) is 0. The van der Waals surface area contributed by atoms with Crippen LogP contribution in [0.25, 0.3) is 0 Å². The smallest absolute Gasteiger partial charge is 0.179 e. The van der Waals surface area contributed by atoms with Gasteiger partial charge in [-0.2, -0.15) is 0 Å².